The Morgan fingerprint density at radius 2 is 1.31 bits per heavy atom. The fourth-order valence-corrected chi connectivity index (χ4v) is 4.22. The van der Waals surface area contributed by atoms with E-state index in [-0.39, 0.29) is 6.03 Å². The van der Waals surface area contributed by atoms with Gasteiger partial charge in [-0.25, -0.2) is 4.79 Å². The first-order valence-corrected chi connectivity index (χ1v) is 9.88. The predicted molar refractivity (Wildman–Crippen MR) is 117 cm³/mol. The molecule has 1 saturated heterocycles. The maximum absolute atomic E-state index is 13.7. The highest BCUT2D eigenvalue weighted by Crippen LogP contribution is 2.44. The minimum absolute atomic E-state index is 0.238. The van der Waals surface area contributed by atoms with E-state index in [2.05, 4.69) is 0 Å². The van der Waals surface area contributed by atoms with Gasteiger partial charge >= 0.3 is 6.03 Å². The molecule has 0 aromatic heterocycles. The second-order valence-electron chi connectivity index (χ2n) is 7.94. The smallest absolute Gasteiger partial charge is 0.332 e. The van der Waals surface area contributed by atoms with Gasteiger partial charge in [0.1, 0.15) is 0 Å². The molecule has 2 unspecified atom stereocenters. The Morgan fingerprint density at radius 3 is 1.90 bits per heavy atom. The van der Waals surface area contributed by atoms with Crippen molar-refractivity contribution in [3.05, 3.63) is 95.1 Å². The molecule has 4 rings (SSSR count). The monoisotopic (exact) mass is 386 g/mol. The summed E-state index contributed by atoms with van der Waals surface area (Å²) in [5.41, 5.74) is 3.80. The van der Waals surface area contributed by atoms with Gasteiger partial charge in [-0.1, -0.05) is 54.1 Å². The van der Waals surface area contributed by atoms with E-state index >= 15 is 0 Å². The van der Waals surface area contributed by atoms with Crippen LogP contribution in [0.1, 0.15) is 29.2 Å². The molecular formula is C25H26N2O2. The van der Waals surface area contributed by atoms with Crippen LogP contribution in [0.15, 0.2) is 72.8 Å². The summed E-state index contributed by atoms with van der Waals surface area (Å²) in [5, 5.41) is 12.1. The summed E-state index contributed by atoms with van der Waals surface area (Å²) in [5.74, 6) is 0. The Labute approximate surface area is 172 Å². The van der Waals surface area contributed by atoms with Crippen molar-refractivity contribution in [3.63, 3.8) is 0 Å². The highest BCUT2D eigenvalue weighted by Gasteiger charge is 2.56. The van der Waals surface area contributed by atoms with Crippen molar-refractivity contribution in [2.75, 3.05) is 9.80 Å². The normalized spacial score (nSPS) is 21.7. The average Bonchev–Trinajstić information content (AvgIpc) is 2.88. The number of nitrogens with zero attached hydrogens (tertiary/aromatic N) is 2. The summed E-state index contributed by atoms with van der Waals surface area (Å²) in [6, 6.07) is 22.6. The molecule has 0 radical (unpaired) electrons. The molecule has 3 aromatic carbocycles. The summed E-state index contributed by atoms with van der Waals surface area (Å²) in [6.07, 6.45) is 0. The third-order valence-electron chi connectivity index (χ3n) is 5.69. The second-order valence-corrected chi connectivity index (χ2v) is 7.94. The number of urea groups is 1. The topological polar surface area (TPSA) is 43.8 Å². The molecule has 0 spiro atoms. The molecule has 1 fully saturated rings. The van der Waals surface area contributed by atoms with Crippen molar-refractivity contribution in [1.82, 2.24) is 0 Å². The Kier molecular flexibility index (Phi) is 4.67. The first-order chi connectivity index (χ1) is 13.8. The maximum atomic E-state index is 13.7. The fourth-order valence-electron chi connectivity index (χ4n) is 4.22. The first-order valence-electron chi connectivity index (χ1n) is 9.88. The molecular weight excluding hydrogens is 360 g/mol. The van der Waals surface area contributed by atoms with Gasteiger partial charge < -0.3 is 5.11 Å². The highest BCUT2D eigenvalue weighted by molar-refractivity contribution is 6.08. The Morgan fingerprint density at radius 1 is 0.793 bits per heavy atom. The van der Waals surface area contributed by atoms with E-state index in [0.717, 1.165) is 22.4 Å². The lowest BCUT2D eigenvalue weighted by Crippen LogP contribution is -2.48. The molecule has 1 aliphatic heterocycles. The van der Waals surface area contributed by atoms with Gasteiger partial charge in [0.15, 0.2) is 5.72 Å². The van der Waals surface area contributed by atoms with Gasteiger partial charge in [-0.3, -0.25) is 9.80 Å². The van der Waals surface area contributed by atoms with E-state index in [4.69, 9.17) is 0 Å². The van der Waals surface area contributed by atoms with Crippen molar-refractivity contribution < 1.29 is 9.90 Å². The van der Waals surface area contributed by atoms with E-state index in [1.807, 2.05) is 100 Å². The first kappa shape index (κ1) is 19.2. The zero-order valence-electron chi connectivity index (χ0n) is 17.3. The van der Waals surface area contributed by atoms with Gasteiger partial charge in [-0.2, -0.15) is 0 Å². The number of hydrogen-bond acceptors (Lipinski definition) is 2. The maximum Gasteiger partial charge on any atom is 0.332 e. The Bertz CT molecular complexity index is 1080. The summed E-state index contributed by atoms with van der Waals surface area (Å²) < 4.78 is 0. The average molecular weight is 386 g/mol. The standard InChI is InChI=1S/C25H26N2O2/c1-17-8-5-11-21(14-17)25(29)20(4)26(22-12-6-9-18(2)15-22)24(28)27(25)23-13-7-10-19(3)16-23/h5-16,20,29H,1-4H3. The summed E-state index contributed by atoms with van der Waals surface area (Å²) >= 11 is 0. The van der Waals surface area contributed by atoms with Gasteiger partial charge in [-0.05, 0) is 63.1 Å². The molecule has 0 aliphatic carbocycles. The molecule has 148 valence electrons. The third-order valence-corrected chi connectivity index (χ3v) is 5.69. The molecule has 29 heavy (non-hydrogen) atoms. The van der Waals surface area contributed by atoms with Crippen LogP contribution in [0.5, 0.6) is 0 Å². The molecule has 1 aliphatic rings. The lowest BCUT2D eigenvalue weighted by molar-refractivity contribution is 0.0371. The predicted octanol–water partition coefficient (Wildman–Crippen LogP) is 5.29. The minimum atomic E-state index is -1.50. The summed E-state index contributed by atoms with van der Waals surface area (Å²) in [4.78, 5) is 16.9. The molecule has 0 bridgehead atoms. The van der Waals surface area contributed by atoms with Crippen LogP contribution in [0.25, 0.3) is 0 Å². The van der Waals surface area contributed by atoms with Gasteiger partial charge in [-0.15, -0.1) is 0 Å². The van der Waals surface area contributed by atoms with Crippen molar-refractivity contribution in [2.45, 2.75) is 39.5 Å². The number of rotatable bonds is 3. The largest absolute Gasteiger partial charge is 0.365 e. The zero-order chi connectivity index (χ0) is 20.8. The van der Waals surface area contributed by atoms with E-state index < -0.39 is 11.8 Å². The lowest BCUT2D eigenvalue weighted by Gasteiger charge is -2.36. The molecule has 2 amide bonds. The van der Waals surface area contributed by atoms with Crippen LogP contribution in [0.2, 0.25) is 0 Å². The van der Waals surface area contributed by atoms with Gasteiger partial charge in [0.25, 0.3) is 0 Å². The Hall–Kier alpha value is -3.11. The molecule has 1 heterocycles. The number of carbonyl (C=O) groups is 1. The molecule has 2 atom stereocenters. The van der Waals surface area contributed by atoms with Crippen LogP contribution in [-0.2, 0) is 5.72 Å². The van der Waals surface area contributed by atoms with Crippen molar-refractivity contribution >= 4 is 17.4 Å². The molecule has 0 saturated carbocycles. The van der Waals surface area contributed by atoms with Crippen LogP contribution in [0.4, 0.5) is 16.2 Å². The summed E-state index contributed by atoms with van der Waals surface area (Å²) in [7, 11) is 0. The molecule has 4 heteroatoms. The number of aliphatic hydroxyl groups is 1. The van der Waals surface area contributed by atoms with Crippen LogP contribution < -0.4 is 9.80 Å². The van der Waals surface area contributed by atoms with Crippen LogP contribution in [-0.4, -0.2) is 17.2 Å². The van der Waals surface area contributed by atoms with Crippen molar-refractivity contribution in [2.24, 2.45) is 0 Å². The SMILES string of the molecule is Cc1cccc(N2C(=O)N(c3cccc(C)c3)C(O)(c3cccc(C)c3)C2C)c1. The van der Waals surface area contributed by atoms with Crippen LogP contribution in [0, 0.1) is 20.8 Å². The molecule has 4 nitrogen and oxygen atoms in total. The van der Waals surface area contributed by atoms with E-state index in [1.54, 1.807) is 4.90 Å². The van der Waals surface area contributed by atoms with Gasteiger partial charge in [0.05, 0.1) is 6.04 Å². The van der Waals surface area contributed by atoms with Crippen LogP contribution in [0.3, 0.4) is 0 Å². The number of aryl methyl sites for hydroxylation is 3. The number of amides is 2. The van der Waals surface area contributed by atoms with E-state index in [0.29, 0.717) is 11.3 Å². The minimum Gasteiger partial charge on any atom is -0.365 e. The van der Waals surface area contributed by atoms with Gasteiger partial charge in [0.2, 0.25) is 0 Å². The van der Waals surface area contributed by atoms with E-state index in [1.165, 1.54) is 4.90 Å². The number of benzene rings is 3. The fraction of sp³-hybridized carbons (Fsp3) is 0.240. The zero-order valence-corrected chi connectivity index (χ0v) is 17.3. The summed E-state index contributed by atoms with van der Waals surface area (Å²) in [6.45, 7) is 7.87. The molecule has 1 N–H and O–H groups in total. The third kappa shape index (κ3) is 3.10. The second kappa shape index (κ2) is 7.05. The van der Waals surface area contributed by atoms with Gasteiger partial charge in [0, 0.05) is 16.9 Å². The Balaban J connectivity index is 1.93. The number of anilines is 2. The van der Waals surface area contributed by atoms with Crippen LogP contribution >= 0.6 is 0 Å². The van der Waals surface area contributed by atoms with Crippen molar-refractivity contribution in [3.8, 4) is 0 Å². The molecule has 3 aromatic rings. The highest BCUT2D eigenvalue weighted by atomic mass is 16.3. The number of hydrogen-bond donors (Lipinski definition) is 1. The quantitative estimate of drug-likeness (QED) is 0.664. The van der Waals surface area contributed by atoms with E-state index in [9.17, 15) is 9.90 Å². The number of carbonyl (C=O) groups excluding carboxylic acids is 1. The van der Waals surface area contributed by atoms with Crippen molar-refractivity contribution in [1.29, 1.82) is 0 Å². The lowest BCUT2D eigenvalue weighted by atomic mass is 9.93.